The number of carbonyl (C=O) groups is 2. The molecule has 0 spiro atoms. The van der Waals surface area contributed by atoms with Gasteiger partial charge in [0.05, 0.1) is 23.0 Å². The van der Waals surface area contributed by atoms with Crippen LogP contribution in [-0.2, 0) is 4.79 Å². The zero-order chi connectivity index (χ0) is 24.8. The van der Waals surface area contributed by atoms with Gasteiger partial charge >= 0.3 is 0 Å². The summed E-state index contributed by atoms with van der Waals surface area (Å²) in [5.74, 6) is 0.255. The monoisotopic (exact) mass is 522 g/mol. The minimum atomic E-state index is -0.396. The van der Waals surface area contributed by atoms with Gasteiger partial charge in [0.1, 0.15) is 5.75 Å². The molecule has 0 aromatic heterocycles. The topological polar surface area (TPSA) is 73.9 Å². The maximum Gasteiger partial charge on any atom is 0.257 e. The lowest BCUT2D eigenvalue weighted by molar-refractivity contribution is -0.134. The number of benzene rings is 2. The molecule has 182 valence electrons. The molecule has 1 aliphatic rings. The van der Waals surface area contributed by atoms with E-state index in [2.05, 4.69) is 15.5 Å². The van der Waals surface area contributed by atoms with Gasteiger partial charge in [0, 0.05) is 42.7 Å². The maximum absolute atomic E-state index is 12.7. The van der Waals surface area contributed by atoms with Crippen LogP contribution in [0.2, 0.25) is 10.0 Å². The summed E-state index contributed by atoms with van der Waals surface area (Å²) >= 11 is 17.8. The smallest absolute Gasteiger partial charge is 0.257 e. The number of hydrogen-bond acceptors (Lipinski definition) is 5. The summed E-state index contributed by atoms with van der Waals surface area (Å²) in [6, 6.07) is 10.3. The van der Waals surface area contributed by atoms with E-state index in [0.717, 1.165) is 5.69 Å². The number of nitrogens with zero attached hydrogens (tertiary/aromatic N) is 2. The van der Waals surface area contributed by atoms with Gasteiger partial charge in [-0.3, -0.25) is 14.9 Å². The van der Waals surface area contributed by atoms with Gasteiger partial charge in [0.15, 0.2) is 5.11 Å². The molecule has 2 aromatic carbocycles. The molecule has 3 rings (SSSR count). The Morgan fingerprint density at radius 3 is 2.41 bits per heavy atom. The Kier molecular flexibility index (Phi) is 8.99. The van der Waals surface area contributed by atoms with Crippen molar-refractivity contribution >= 4 is 63.7 Å². The van der Waals surface area contributed by atoms with Crippen LogP contribution in [0, 0.1) is 5.92 Å². The van der Waals surface area contributed by atoms with Crippen LogP contribution < -0.4 is 20.3 Å². The van der Waals surface area contributed by atoms with Gasteiger partial charge in [-0.1, -0.05) is 37.0 Å². The number of halogens is 2. The molecule has 0 atom stereocenters. The molecule has 2 amide bonds. The van der Waals surface area contributed by atoms with Crippen LogP contribution in [-0.4, -0.2) is 54.6 Å². The highest BCUT2D eigenvalue weighted by Gasteiger charge is 2.24. The zero-order valence-corrected chi connectivity index (χ0v) is 21.7. The molecule has 0 bridgehead atoms. The van der Waals surface area contributed by atoms with E-state index < -0.39 is 5.91 Å². The molecule has 1 heterocycles. The molecule has 7 nitrogen and oxygen atoms in total. The van der Waals surface area contributed by atoms with Crippen LogP contribution in [0.5, 0.6) is 5.75 Å². The lowest BCUT2D eigenvalue weighted by Crippen LogP contribution is -2.50. The average molecular weight is 523 g/mol. The molecule has 2 N–H and O–H groups in total. The SMILES string of the molecule is CCOc1ccc(C(=O)NC(=S)Nc2cc(Cl)ccc2N2CCN(C(=O)C(C)C)CC2)cc1Cl. The molecule has 1 fully saturated rings. The Morgan fingerprint density at radius 1 is 1.09 bits per heavy atom. The lowest BCUT2D eigenvalue weighted by atomic mass is 10.1. The summed E-state index contributed by atoms with van der Waals surface area (Å²) < 4.78 is 5.40. The van der Waals surface area contributed by atoms with Crippen molar-refractivity contribution in [3.8, 4) is 5.75 Å². The molecule has 0 radical (unpaired) electrons. The Hall–Kier alpha value is -2.55. The van der Waals surface area contributed by atoms with Gasteiger partial charge in [-0.05, 0) is 55.5 Å². The Bertz CT molecular complexity index is 1070. The minimum Gasteiger partial charge on any atom is -0.492 e. The maximum atomic E-state index is 12.7. The number of carbonyl (C=O) groups excluding carboxylic acids is 2. The predicted molar refractivity (Wildman–Crippen MR) is 141 cm³/mol. The first-order valence-corrected chi connectivity index (χ1v) is 12.2. The molecule has 2 aromatic rings. The largest absolute Gasteiger partial charge is 0.492 e. The number of amides is 2. The van der Waals surface area contributed by atoms with E-state index in [0.29, 0.717) is 59.8 Å². The Morgan fingerprint density at radius 2 is 1.79 bits per heavy atom. The number of nitrogens with one attached hydrogen (secondary N) is 2. The van der Waals surface area contributed by atoms with Crippen LogP contribution >= 0.6 is 35.4 Å². The third kappa shape index (κ3) is 6.52. The molecular formula is C24H28Cl2N4O3S. The van der Waals surface area contributed by atoms with Gasteiger partial charge < -0.3 is 19.9 Å². The highest BCUT2D eigenvalue weighted by molar-refractivity contribution is 7.80. The molecule has 1 aliphatic heterocycles. The normalized spacial score (nSPS) is 13.6. The fraction of sp³-hybridized carbons (Fsp3) is 0.375. The zero-order valence-electron chi connectivity index (χ0n) is 19.4. The van der Waals surface area contributed by atoms with Crippen molar-refractivity contribution in [3.05, 3.63) is 52.0 Å². The summed E-state index contributed by atoms with van der Waals surface area (Å²) in [6.07, 6.45) is 0. The second kappa shape index (κ2) is 11.7. The van der Waals surface area contributed by atoms with E-state index in [1.807, 2.05) is 31.7 Å². The summed E-state index contributed by atoms with van der Waals surface area (Å²) in [6.45, 7) is 8.79. The van der Waals surface area contributed by atoms with Crippen LogP contribution in [0.4, 0.5) is 11.4 Å². The standard InChI is InChI=1S/C24H28Cl2N4O3S/c1-4-33-21-8-5-16(13-18(21)26)22(31)28-24(34)27-19-14-17(25)6-7-20(19)29-9-11-30(12-10-29)23(32)15(2)3/h5-8,13-15H,4,9-12H2,1-3H3,(H2,27,28,31,34). The van der Waals surface area contributed by atoms with Crippen LogP contribution in [0.15, 0.2) is 36.4 Å². The molecule has 1 saturated heterocycles. The van der Waals surface area contributed by atoms with Gasteiger partial charge in [-0.2, -0.15) is 0 Å². The molecule has 0 saturated carbocycles. The van der Waals surface area contributed by atoms with Crippen molar-refractivity contribution in [2.75, 3.05) is 43.0 Å². The first-order chi connectivity index (χ1) is 16.2. The first kappa shape index (κ1) is 26.1. The highest BCUT2D eigenvalue weighted by Crippen LogP contribution is 2.30. The molecule has 0 unspecified atom stereocenters. The van der Waals surface area contributed by atoms with E-state index in [4.69, 9.17) is 40.2 Å². The fourth-order valence-corrected chi connectivity index (χ4v) is 4.27. The predicted octanol–water partition coefficient (Wildman–Crippen LogP) is 4.82. The van der Waals surface area contributed by atoms with E-state index in [1.165, 1.54) is 6.07 Å². The lowest BCUT2D eigenvalue weighted by Gasteiger charge is -2.37. The summed E-state index contributed by atoms with van der Waals surface area (Å²) in [5, 5.41) is 6.77. The molecule has 34 heavy (non-hydrogen) atoms. The van der Waals surface area contributed by atoms with Gasteiger partial charge in [-0.15, -0.1) is 0 Å². The summed E-state index contributed by atoms with van der Waals surface area (Å²) in [7, 11) is 0. The van der Waals surface area contributed by atoms with Crippen molar-refractivity contribution in [2.24, 2.45) is 5.92 Å². The first-order valence-electron chi connectivity index (χ1n) is 11.1. The van der Waals surface area contributed by atoms with Crippen molar-refractivity contribution < 1.29 is 14.3 Å². The average Bonchev–Trinajstić information content (AvgIpc) is 2.80. The van der Waals surface area contributed by atoms with E-state index in [1.54, 1.807) is 24.3 Å². The molecule has 0 aliphatic carbocycles. The van der Waals surface area contributed by atoms with Gasteiger partial charge in [0.2, 0.25) is 5.91 Å². The van der Waals surface area contributed by atoms with Crippen LogP contribution in [0.1, 0.15) is 31.1 Å². The second-order valence-corrected chi connectivity index (χ2v) is 9.37. The van der Waals surface area contributed by atoms with E-state index in [-0.39, 0.29) is 16.9 Å². The number of thiocarbonyl (C=S) groups is 1. The van der Waals surface area contributed by atoms with Crippen molar-refractivity contribution in [3.63, 3.8) is 0 Å². The van der Waals surface area contributed by atoms with E-state index >= 15 is 0 Å². The van der Waals surface area contributed by atoms with Crippen molar-refractivity contribution in [1.82, 2.24) is 10.2 Å². The van der Waals surface area contributed by atoms with Gasteiger partial charge in [-0.25, -0.2) is 0 Å². The number of rotatable bonds is 6. The highest BCUT2D eigenvalue weighted by atomic mass is 35.5. The number of ether oxygens (including phenoxy) is 1. The number of hydrogen-bond donors (Lipinski definition) is 2. The minimum absolute atomic E-state index is 0.0226. The van der Waals surface area contributed by atoms with Crippen molar-refractivity contribution in [1.29, 1.82) is 0 Å². The fourth-order valence-electron chi connectivity index (χ4n) is 3.66. The van der Waals surface area contributed by atoms with Gasteiger partial charge in [0.25, 0.3) is 5.91 Å². The molecule has 10 heteroatoms. The van der Waals surface area contributed by atoms with Crippen molar-refractivity contribution in [2.45, 2.75) is 20.8 Å². The summed E-state index contributed by atoms with van der Waals surface area (Å²) in [4.78, 5) is 29.0. The second-order valence-electron chi connectivity index (χ2n) is 8.11. The quantitative estimate of drug-likeness (QED) is 0.529. The van der Waals surface area contributed by atoms with Crippen LogP contribution in [0.3, 0.4) is 0 Å². The third-order valence-corrected chi connectivity index (χ3v) is 6.09. The Balaban J connectivity index is 1.67. The molecular weight excluding hydrogens is 495 g/mol. The number of anilines is 2. The number of piperazine rings is 1. The van der Waals surface area contributed by atoms with E-state index in [9.17, 15) is 9.59 Å². The summed E-state index contributed by atoms with van der Waals surface area (Å²) in [5.41, 5.74) is 1.92. The van der Waals surface area contributed by atoms with Crippen LogP contribution in [0.25, 0.3) is 0 Å². The third-order valence-electron chi connectivity index (χ3n) is 5.35. The Labute approximate surface area is 215 Å².